The standard InChI is InChI=1S/C21H30N2O2Si/c1-18-16-22-21(23-17-18)19-10-12-20(13-11-19)24-14-8-6-4-3-5-7-9-15-25-26-2/h10-13,16-17H,3-9,14-15H2,1-2H3. The van der Waals surface area contributed by atoms with Gasteiger partial charge in [-0.3, -0.25) is 0 Å². The van der Waals surface area contributed by atoms with E-state index in [9.17, 15) is 0 Å². The zero-order valence-corrected chi connectivity index (χ0v) is 17.0. The highest BCUT2D eigenvalue weighted by Crippen LogP contribution is 2.19. The van der Waals surface area contributed by atoms with Crippen LogP contribution in [0.4, 0.5) is 0 Å². The first-order chi connectivity index (χ1) is 12.8. The molecule has 5 heteroatoms. The third-order valence-electron chi connectivity index (χ3n) is 4.20. The van der Waals surface area contributed by atoms with Crippen molar-refractivity contribution in [2.24, 2.45) is 0 Å². The number of aryl methyl sites for hydroxylation is 1. The van der Waals surface area contributed by atoms with Crippen LogP contribution in [0.2, 0.25) is 6.55 Å². The topological polar surface area (TPSA) is 44.2 Å². The van der Waals surface area contributed by atoms with E-state index in [1.807, 2.05) is 43.6 Å². The Kier molecular flexibility index (Phi) is 9.98. The molecule has 2 aromatic rings. The van der Waals surface area contributed by atoms with Gasteiger partial charge in [-0.05, 0) is 56.1 Å². The molecule has 4 nitrogen and oxygen atoms in total. The third kappa shape index (κ3) is 8.10. The molecule has 0 saturated carbocycles. The van der Waals surface area contributed by atoms with E-state index in [-0.39, 0.29) is 0 Å². The number of nitrogens with zero attached hydrogens (tertiary/aromatic N) is 2. The summed E-state index contributed by atoms with van der Waals surface area (Å²) in [5.74, 6) is 1.67. The maximum atomic E-state index is 5.83. The molecule has 0 aliphatic heterocycles. The summed E-state index contributed by atoms with van der Waals surface area (Å²) in [5.41, 5.74) is 2.08. The van der Waals surface area contributed by atoms with Crippen LogP contribution in [0.15, 0.2) is 36.7 Å². The molecule has 0 fully saturated rings. The lowest BCUT2D eigenvalue weighted by Crippen LogP contribution is -1.98. The van der Waals surface area contributed by atoms with Gasteiger partial charge in [0, 0.05) is 24.6 Å². The highest BCUT2D eigenvalue weighted by Gasteiger charge is 2.01. The van der Waals surface area contributed by atoms with Crippen molar-refractivity contribution in [3.05, 3.63) is 42.2 Å². The van der Waals surface area contributed by atoms with Crippen molar-refractivity contribution >= 4 is 9.76 Å². The van der Waals surface area contributed by atoms with Gasteiger partial charge in [0.1, 0.15) is 5.75 Å². The maximum Gasteiger partial charge on any atom is 0.226 e. The third-order valence-corrected chi connectivity index (χ3v) is 4.69. The Hall–Kier alpha value is -1.72. The summed E-state index contributed by atoms with van der Waals surface area (Å²) < 4.78 is 11.2. The smallest absolute Gasteiger partial charge is 0.226 e. The number of ether oxygens (including phenoxy) is 1. The van der Waals surface area contributed by atoms with E-state index in [1.54, 1.807) is 0 Å². The highest BCUT2D eigenvalue weighted by molar-refractivity contribution is 6.24. The molecule has 0 saturated heterocycles. The molecule has 26 heavy (non-hydrogen) atoms. The number of unbranched alkanes of at least 4 members (excludes halogenated alkanes) is 6. The van der Waals surface area contributed by atoms with Gasteiger partial charge in [-0.2, -0.15) is 0 Å². The van der Waals surface area contributed by atoms with Crippen LogP contribution in [0, 0.1) is 6.92 Å². The Balaban J connectivity index is 1.54. The quantitative estimate of drug-likeness (QED) is 0.357. The lowest BCUT2D eigenvalue weighted by molar-refractivity contribution is 0.303. The lowest BCUT2D eigenvalue weighted by Gasteiger charge is -2.07. The second-order valence-corrected chi connectivity index (χ2v) is 7.18. The Bertz CT molecular complexity index is 602. The molecule has 1 heterocycles. The van der Waals surface area contributed by atoms with Crippen molar-refractivity contribution in [3.63, 3.8) is 0 Å². The van der Waals surface area contributed by atoms with Gasteiger partial charge in [-0.1, -0.05) is 32.1 Å². The first-order valence-corrected chi connectivity index (χ1v) is 11.0. The molecule has 2 rings (SSSR count). The van der Waals surface area contributed by atoms with Crippen molar-refractivity contribution in [3.8, 4) is 17.1 Å². The minimum absolute atomic E-state index is 0.629. The largest absolute Gasteiger partial charge is 0.494 e. The Morgan fingerprint density at radius 2 is 1.38 bits per heavy atom. The molecule has 0 amide bonds. The summed E-state index contributed by atoms with van der Waals surface area (Å²) in [6.07, 6.45) is 12.5. The van der Waals surface area contributed by atoms with Gasteiger partial charge in [0.05, 0.1) is 6.61 Å². The van der Waals surface area contributed by atoms with Crippen molar-refractivity contribution in [1.82, 2.24) is 9.97 Å². The van der Waals surface area contributed by atoms with Crippen LogP contribution in [0.1, 0.15) is 50.5 Å². The molecule has 1 aromatic carbocycles. The van der Waals surface area contributed by atoms with Crippen molar-refractivity contribution in [2.45, 2.75) is 58.4 Å². The minimum atomic E-state index is 0.629. The first kappa shape index (κ1) is 20.6. The summed E-state index contributed by atoms with van der Waals surface area (Å²) in [4.78, 5) is 8.70. The van der Waals surface area contributed by atoms with E-state index < -0.39 is 0 Å². The van der Waals surface area contributed by atoms with Crippen LogP contribution in [0.3, 0.4) is 0 Å². The highest BCUT2D eigenvalue weighted by atomic mass is 28.2. The molecule has 2 radical (unpaired) electrons. The van der Waals surface area contributed by atoms with Crippen LogP contribution >= 0.6 is 0 Å². The summed E-state index contributed by atoms with van der Waals surface area (Å²) in [6, 6.07) is 8.03. The van der Waals surface area contributed by atoms with Gasteiger partial charge in [0.25, 0.3) is 0 Å². The van der Waals surface area contributed by atoms with E-state index in [0.717, 1.165) is 42.3 Å². The second kappa shape index (κ2) is 12.6. The van der Waals surface area contributed by atoms with Gasteiger partial charge < -0.3 is 9.16 Å². The molecule has 0 N–H and O–H groups in total. The van der Waals surface area contributed by atoms with Gasteiger partial charge in [-0.25, -0.2) is 9.97 Å². The van der Waals surface area contributed by atoms with E-state index in [2.05, 4.69) is 16.5 Å². The second-order valence-electron chi connectivity index (χ2n) is 6.48. The van der Waals surface area contributed by atoms with Gasteiger partial charge >= 0.3 is 0 Å². The number of rotatable bonds is 13. The van der Waals surface area contributed by atoms with E-state index in [0.29, 0.717) is 9.76 Å². The van der Waals surface area contributed by atoms with Gasteiger partial charge in [-0.15, -0.1) is 0 Å². The number of hydrogen-bond donors (Lipinski definition) is 0. The zero-order valence-electron chi connectivity index (χ0n) is 16.0. The zero-order chi connectivity index (χ0) is 18.5. The van der Waals surface area contributed by atoms with Crippen LogP contribution in [0.25, 0.3) is 11.4 Å². The molecule has 0 unspecified atom stereocenters. The maximum absolute atomic E-state index is 5.83. The molecular weight excluding hydrogens is 340 g/mol. The number of aromatic nitrogens is 2. The molecule has 0 aliphatic carbocycles. The van der Waals surface area contributed by atoms with Crippen molar-refractivity contribution in [1.29, 1.82) is 0 Å². The summed E-state index contributed by atoms with van der Waals surface area (Å²) in [7, 11) is 0.629. The molecule has 140 valence electrons. The first-order valence-electron chi connectivity index (χ1n) is 9.60. The molecule has 1 aromatic heterocycles. The minimum Gasteiger partial charge on any atom is -0.494 e. The van der Waals surface area contributed by atoms with E-state index in [4.69, 9.17) is 9.16 Å². The van der Waals surface area contributed by atoms with E-state index in [1.165, 1.54) is 38.5 Å². The normalized spacial score (nSPS) is 10.8. The van der Waals surface area contributed by atoms with Crippen LogP contribution < -0.4 is 4.74 Å². The Morgan fingerprint density at radius 1 is 0.808 bits per heavy atom. The summed E-state index contributed by atoms with van der Waals surface area (Å²) >= 11 is 0. The average Bonchev–Trinajstić information content (AvgIpc) is 2.67. The fraction of sp³-hybridized carbons (Fsp3) is 0.524. The fourth-order valence-electron chi connectivity index (χ4n) is 2.69. The van der Waals surface area contributed by atoms with Gasteiger partial charge in [0.15, 0.2) is 5.82 Å². The predicted molar refractivity (Wildman–Crippen MR) is 108 cm³/mol. The molecule has 0 bridgehead atoms. The van der Waals surface area contributed by atoms with Crippen LogP contribution in [-0.2, 0) is 4.43 Å². The predicted octanol–water partition coefficient (Wildman–Crippen LogP) is 5.25. The van der Waals surface area contributed by atoms with Gasteiger partial charge in [0.2, 0.25) is 9.76 Å². The monoisotopic (exact) mass is 370 g/mol. The Morgan fingerprint density at radius 3 is 2.00 bits per heavy atom. The van der Waals surface area contributed by atoms with Crippen molar-refractivity contribution in [2.75, 3.05) is 13.2 Å². The van der Waals surface area contributed by atoms with Crippen LogP contribution in [-0.4, -0.2) is 32.9 Å². The molecule has 0 atom stereocenters. The number of hydrogen-bond acceptors (Lipinski definition) is 4. The number of benzene rings is 1. The molecule has 0 aliphatic rings. The molecule has 0 spiro atoms. The average molecular weight is 371 g/mol. The summed E-state index contributed by atoms with van der Waals surface area (Å²) in [5, 5.41) is 0. The Labute approximate surface area is 160 Å². The van der Waals surface area contributed by atoms with E-state index >= 15 is 0 Å². The van der Waals surface area contributed by atoms with Crippen molar-refractivity contribution < 1.29 is 9.16 Å². The SMILES string of the molecule is C[Si]OCCCCCCCCCOc1ccc(-c2ncc(C)cn2)cc1. The van der Waals surface area contributed by atoms with Crippen LogP contribution in [0.5, 0.6) is 5.75 Å². The lowest BCUT2D eigenvalue weighted by atomic mass is 10.1. The fourth-order valence-corrected chi connectivity index (χ4v) is 3.04. The molecular formula is C21H30N2O2Si. The summed E-state index contributed by atoms with van der Waals surface area (Å²) in [6.45, 7) is 5.78.